The number of carbonyl (C=O) groups excluding carboxylic acids is 3. The molecule has 1 unspecified atom stereocenters. The lowest BCUT2D eigenvalue weighted by Crippen LogP contribution is -2.42. The van der Waals surface area contributed by atoms with Crippen molar-refractivity contribution >= 4 is 35.4 Å². The van der Waals surface area contributed by atoms with Crippen molar-refractivity contribution in [3.05, 3.63) is 88.5 Å². The first-order valence-electron chi connectivity index (χ1n) is 10.8. The van der Waals surface area contributed by atoms with Crippen LogP contribution in [0.25, 0.3) is 16.5 Å². The van der Waals surface area contributed by atoms with Crippen molar-refractivity contribution in [3.8, 4) is 10.4 Å². The molecule has 0 bridgehead atoms. The van der Waals surface area contributed by atoms with Gasteiger partial charge in [-0.3, -0.25) is 19.6 Å². The van der Waals surface area contributed by atoms with Gasteiger partial charge in [-0.25, -0.2) is 5.48 Å². The number of aldehydes is 1. The number of hydrogen-bond acceptors (Lipinski definition) is 7. The lowest BCUT2D eigenvalue weighted by atomic mass is 10.0. The Morgan fingerprint density at radius 2 is 1.79 bits per heavy atom. The van der Waals surface area contributed by atoms with Crippen LogP contribution in [-0.4, -0.2) is 35.8 Å². The second kappa shape index (κ2) is 12.6. The molecule has 1 amide bonds. The predicted molar refractivity (Wildman–Crippen MR) is 132 cm³/mol. The molecule has 0 saturated carbocycles. The molecule has 0 aliphatic rings. The van der Waals surface area contributed by atoms with Gasteiger partial charge in [-0.05, 0) is 29.7 Å². The molecule has 7 nitrogen and oxygen atoms in total. The van der Waals surface area contributed by atoms with Gasteiger partial charge in [-0.1, -0.05) is 61.5 Å². The van der Waals surface area contributed by atoms with E-state index in [0.717, 1.165) is 20.9 Å². The predicted octanol–water partition coefficient (Wildman–Crippen LogP) is 4.21. The SMILES string of the molecule is CCC(NCc1sc(-c2ccc(C(=O)c3ccccc3)cc2)cc1/C=C/OCC=O)C(=O)NO. The Morgan fingerprint density at radius 3 is 2.44 bits per heavy atom. The molecular weight excluding hydrogens is 452 g/mol. The second-order valence-electron chi connectivity index (χ2n) is 7.38. The molecule has 1 heterocycles. The highest BCUT2D eigenvalue weighted by atomic mass is 32.1. The van der Waals surface area contributed by atoms with E-state index in [1.165, 1.54) is 6.26 Å². The maximum atomic E-state index is 12.7. The van der Waals surface area contributed by atoms with Gasteiger partial charge in [0.1, 0.15) is 6.61 Å². The largest absolute Gasteiger partial charge is 0.494 e. The average Bonchev–Trinajstić information content (AvgIpc) is 3.29. The Balaban J connectivity index is 1.82. The molecule has 3 aromatic rings. The molecule has 1 atom stereocenters. The molecule has 8 heteroatoms. The van der Waals surface area contributed by atoms with Gasteiger partial charge in [-0.15, -0.1) is 11.3 Å². The number of ketones is 1. The minimum atomic E-state index is -0.540. The van der Waals surface area contributed by atoms with Crippen molar-refractivity contribution in [2.24, 2.45) is 0 Å². The molecule has 34 heavy (non-hydrogen) atoms. The molecule has 1 aromatic heterocycles. The van der Waals surface area contributed by atoms with Crippen LogP contribution in [0.1, 0.15) is 39.7 Å². The topological polar surface area (TPSA) is 105 Å². The first kappa shape index (κ1) is 25.0. The highest BCUT2D eigenvalue weighted by molar-refractivity contribution is 7.15. The fourth-order valence-electron chi connectivity index (χ4n) is 3.34. The maximum Gasteiger partial charge on any atom is 0.260 e. The fourth-order valence-corrected chi connectivity index (χ4v) is 4.44. The van der Waals surface area contributed by atoms with E-state index in [9.17, 15) is 14.4 Å². The summed E-state index contributed by atoms with van der Waals surface area (Å²) in [5.74, 6) is -0.531. The Morgan fingerprint density at radius 1 is 1.09 bits per heavy atom. The van der Waals surface area contributed by atoms with Crippen LogP contribution in [0, 0.1) is 0 Å². The minimum Gasteiger partial charge on any atom is -0.494 e. The minimum absolute atomic E-state index is 0.0352. The average molecular weight is 479 g/mol. The van der Waals surface area contributed by atoms with Crippen LogP contribution in [0.15, 0.2) is 66.9 Å². The van der Waals surface area contributed by atoms with Crippen molar-refractivity contribution in [2.45, 2.75) is 25.9 Å². The van der Waals surface area contributed by atoms with Gasteiger partial charge in [0, 0.05) is 27.4 Å². The first-order chi connectivity index (χ1) is 16.6. The molecule has 2 aromatic carbocycles. The monoisotopic (exact) mass is 478 g/mol. The molecule has 176 valence electrons. The molecule has 3 rings (SSSR count). The van der Waals surface area contributed by atoms with Crippen LogP contribution in [0.4, 0.5) is 0 Å². The van der Waals surface area contributed by atoms with Gasteiger partial charge >= 0.3 is 0 Å². The van der Waals surface area contributed by atoms with Crippen LogP contribution in [0.2, 0.25) is 0 Å². The number of benzene rings is 2. The standard InChI is InChI=1S/C26H26N2O5S/c1-2-22(26(31)28-32)27-17-24-21(12-14-33-15-13-29)16-23(34-24)18-8-10-20(11-9-18)25(30)19-6-4-3-5-7-19/h3-14,16,22,27,32H,2,15,17H2,1H3,(H,28,31)/b14-12+. The fraction of sp³-hybridized carbons (Fsp3) is 0.192. The van der Waals surface area contributed by atoms with Crippen molar-refractivity contribution < 1.29 is 24.3 Å². The maximum absolute atomic E-state index is 12.7. The smallest absolute Gasteiger partial charge is 0.260 e. The molecule has 0 aliphatic carbocycles. The number of ether oxygens (including phenoxy) is 1. The Bertz CT molecular complexity index is 1140. The molecule has 0 saturated heterocycles. The first-order valence-corrected chi connectivity index (χ1v) is 11.6. The van der Waals surface area contributed by atoms with Crippen molar-refractivity contribution in [3.63, 3.8) is 0 Å². The van der Waals surface area contributed by atoms with E-state index < -0.39 is 11.9 Å². The highest BCUT2D eigenvalue weighted by Gasteiger charge is 2.17. The summed E-state index contributed by atoms with van der Waals surface area (Å²) in [5, 5.41) is 12.1. The molecule has 0 aliphatic heterocycles. The van der Waals surface area contributed by atoms with E-state index in [2.05, 4.69) is 5.32 Å². The summed E-state index contributed by atoms with van der Waals surface area (Å²) in [6.45, 7) is 2.21. The molecule has 0 fully saturated rings. The van der Waals surface area contributed by atoms with E-state index in [0.29, 0.717) is 30.4 Å². The summed E-state index contributed by atoms with van der Waals surface area (Å²) >= 11 is 1.54. The van der Waals surface area contributed by atoms with Gasteiger partial charge < -0.3 is 10.1 Å². The number of hydrogen-bond donors (Lipinski definition) is 3. The molecular formula is C26H26N2O5S. The number of thiophene rings is 1. The normalized spacial score (nSPS) is 11.8. The summed E-state index contributed by atoms with van der Waals surface area (Å²) in [6.07, 6.45) is 4.41. The van der Waals surface area contributed by atoms with Gasteiger partial charge in [0.25, 0.3) is 5.91 Å². The summed E-state index contributed by atoms with van der Waals surface area (Å²) in [7, 11) is 0. The zero-order chi connectivity index (χ0) is 24.3. The third-order valence-electron chi connectivity index (χ3n) is 5.16. The third kappa shape index (κ3) is 6.48. The molecule has 0 spiro atoms. The highest BCUT2D eigenvalue weighted by Crippen LogP contribution is 2.33. The van der Waals surface area contributed by atoms with E-state index in [1.807, 2.05) is 55.5 Å². The van der Waals surface area contributed by atoms with Crippen molar-refractivity contribution in [1.82, 2.24) is 10.8 Å². The van der Waals surface area contributed by atoms with Crippen LogP contribution in [0.5, 0.6) is 0 Å². The van der Waals surface area contributed by atoms with Crippen LogP contribution in [-0.2, 0) is 20.9 Å². The van der Waals surface area contributed by atoms with Crippen molar-refractivity contribution in [2.75, 3.05) is 6.61 Å². The zero-order valence-corrected chi connectivity index (χ0v) is 19.5. The third-order valence-corrected chi connectivity index (χ3v) is 6.36. The Hall–Kier alpha value is -3.59. The van der Waals surface area contributed by atoms with Crippen LogP contribution >= 0.6 is 11.3 Å². The number of rotatable bonds is 12. The Labute approximate surface area is 202 Å². The van der Waals surface area contributed by atoms with E-state index in [4.69, 9.17) is 9.94 Å². The second-order valence-corrected chi connectivity index (χ2v) is 8.52. The zero-order valence-electron chi connectivity index (χ0n) is 18.7. The van der Waals surface area contributed by atoms with Gasteiger partial charge in [0.15, 0.2) is 12.1 Å². The quantitative estimate of drug-likeness (QED) is 0.0900. The summed E-state index contributed by atoms with van der Waals surface area (Å²) in [4.78, 5) is 36.9. The van der Waals surface area contributed by atoms with Gasteiger partial charge in [0.05, 0.1) is 12.3 Å². The number of nitrogens with one attached hydrogen (secondary N) is 2. The van der Waals surface area contributed by atoms with Crippen LogP contribution in [0.3, 0.4) is 0 Å². The Kier molecular flexibility index (Phi) is 9.28. The van der Waals surface area contributed by atoms with Gasteiger partial charge in [0.2, 0.25) is 0 Å². The number of amides is 1. The van der Waals surface area contributed by atoms with Crippen molar-refractivity contribution in [1.29, 1.82) is 0 Å². The summed E-state index contributed by atoms with van der Waals surface area (Å²) in [5.41, 5.74) is 4.75. The van der Waals surface area contributed by atoms with Crippen LogP contribution < -0.4 is 10.8 Å². The molecule has 3 N–H and O–H groups in total. The summed E-state index contributed by atoms with van der Waals surface area (Å²) in [6, 6.07) is 18.0. The summed E-state index contributed by atoms with van der Waals surface area (Å²) < 4.78 is 5.14. The van der Waals surface area contributed by atoms with Gasteiger partial charge in [-0.2, -0.15) is 0 Å². The number of carbonyl (C=O) groups is 3. The van der Waals surface area contributed by atoms with E-state index >= 15 is 0 Å². The van der Waals surface area contributed by atoms with E-state index in [1.54, 1.807) is 35.0 Å². The lowest BCUT2D eigenvalue weighted by molar-refractivity contribution is -0.131. The number of hydroxylamine groups is 1. The molecule has 0 radical (unpaired) electrons. The van der Waals surface area contributed by atoms with E-state index in [-0.39, 0.29) is 12.4 Å². The lowest BCUT2D eigenvalue weighted by Gasteiger charge is -2.14.